The number of aliphatic imine (C=N–C) groups is 1. The Morgan fingerprint density at radius 1 is 1.19 bits per heavy atom. The van der Waals surface area contributed by atoms with Crippen molar-refractivity contribution in [2.45, 2.75) is 12.8 Å². The van der Waals surface area contributed by atoms with Crippen LogP contribution in [0.25, 0.3) is 5.57 Å². The molecule has 3 aliphatic rings. The number of hydrogen-bond acceptors (Lipinski definition) is 4. The molecule has 0 bridgehead atoms. The Morgan fingerprint density at radius 3 is 2.89 bits per heavy atom. The molecule has 0 amide bonds. The van der Waals surface area contributed by atoms with Crippen LogP contribution in [-0.4, -0.2) is 28.7 Å². The highest BCUT2D eigenvalue weighted by molar-refractivity contribution is 6.07. The van der Waals surface area contributed by atoms with E-state index >= 15 is 0 Å². The molecule has 2 aromatic heterocycles. The molecule has 0 aromatic carbocycles. The summed E-state index contributed by atoms with van der Waals surface area (Å²) in [5.41, 5.74) is 7.31. The van der Waals surface area contributed by atoms with Crippen LogP contribution in [0.3, 0.4) is 0 Å². The molecule has 0 N–H and O–H groups in total. The average molecular weight is 355 g/mol. The average Bonchev–Trinajstić information content (AvgIpc) is 3.20. The molecule has 1 saturated heterocycles. The van der Waals surface area contributed by atoms with Crippen molar-refractivity contribution in [1.82, 2.24) is 9.88 Å². The van der Waals surface area contributed by atoms with Crippen molar-refractivity contribution in [2.75, 3.05) is 13.1 Å². The molecule has 2 aromatic rings. The Bertz CT molecular complexity index is 994. The van der Waals surface area contributed by atoms with Gasteiger partial charge in [0.05, 0.1) is 12.8 Å². The highest BCUT2D eigenvalue weighted by atomic mass is 16.3. The third-order valence-electron chi connectivity index (χ3n) is 5.56. The van der Waals surface area contributed by atoms with Crippen molar-refractivity contribution in [3.8, 4) is 0 Å². The summed E-state index contributed by atoms with van der Waals surface area (Å²) in [5, 5.41) is 0. The van der Waals surface area contributed by atoms with E-state index in [1.807, 2.05) is 24.5 Å². The fourth-order valence-electron chi connectivity index (χ4n) is 4.27. The van der Waals surface area contributed by atoms with Gasteiger partial charge in [-0.25, -0.2) is 0 Å². The topological polar surface area (TPSA) is 41.6 Å². The number of piperidine rings is 1. The van der Waals surface area contributed by atoms with Crippen LogP contribution in [0.4, 0.5) is 0 Å². The van der Waals surface area contributed by atoms with E-state index in [0.717, 1.165) is 36.6 Å². The van der Waals surface area contributed by atoms with E-state index in [1.165, 1.54) is 22.4 Å². The highest BCUT2D eigenvalue weighted by Crippen LogP contribution is 2.43. The summed E-state index contributed by atoms with van der Waals surface area (Å²) in [7, 11) is 0. The van der Waals surface area contributed by atoms with Crippen LogP contribution >= 0.6 is 0 Å². The fourth-order valence-corrected chi connectivity index (χ4v) is 4.27. The summed E-state index contributed by atoms with van der Waals surface area (Å²) < 4.78 is 5.61. The van der Waals surface area contributed by atoms with Crippen molar-refractivity contribution in [2.24, 2.45) is 10.9 Å². The predicted octanol–water partition coefficient (Wildman–Crippen LogP) is 4.61. The van der Waals surface area contributed by atoms with Gasteiger partial charge in [0.15, 0.2) is 5.76 Å². The van der Waals surface area contributed by atoms with E-state index in [4.69, 9.17) is 9.41 Å². The quantitative estimate of drug-likeness (QED) is 0.790. The normalized spacial score (nSPS) is 22.0. The molecule has 4 nitrogen and oxygen atoms in total. The van der Waals surface area contributed by atoms with Gasteiger partial charge < -0.3 is 9.32 Å². The Balaban J connectivity index is 1.61. The number of fused-ring (bicyclic) bond motifs is 3. The molecular formula is C23H21N3O. The zero-order chi connectivity index (χ0) is 18.2. The van der Waals surface area contributed by atoms with Gasteiger partial charge in [-0.2, -0.15) is 0 Å². The monoisotopic (exact) mass is 355 g/mol. The van der Waals surface area contributed by atoms with Gasteiger partial charge in [-0.05, 0) is 54.3 Å². The minimum absolute atomic E-state index is 0.349. The molecule has 4 heteroatoms. The van der Waals surface area contributed by atoms with Crippen molar-refractivity contribution in [3.05, 3.63) is 96.0 Å². The zero-order valence-corrected chi connectivity index (χ0v) is 15.1. The van der Waals surface area contributed by atoms with E-state index in [2.05, 4.69) is 46.8 Å². The maximum atomic E-state index is 5.61. The molecule has 4 heterocycles. The molecule has 134 valence electrons. The lowest BCUT2D eigenvalue weighted by Crippen LogP contribution is -2.35. The number of nitrogens with zero attached hydrogens (tertiary/aromatic N) is 3. The number of furan rings is 1. The van der Waals surface area contributed by atoms with Crippen LogP contribution in [0.5, 0.6) is 0 Å². The molecule has 1 atom stereocenters. The Morgan fingerprint density at radius 2 is 2.07 bits per heavy atom. The van der Waals surface area contributed by atoms with Gasteiger partial charge in [0, 0.05) is 36.3 Å². The first-order valence-electron chi connectivity index (χ1n) is 9.36. The summed E-state index contributed by atoms with van der Waals surface area (Å²) in [6, 6.07) is 8.07. The molecule has 0 saturated carbocycles. The lowest BCUT2D eigenvalue weighted by molar-refractivity contribution is 0.341. The van der Waals surface area contributed by atoms with E-state index < -0.39 is 0 Å². The van der Waals surface area contributed by atoms with Crippen LogP contribution < -0.4 is 0 Å². The molecule has 5 rings (SSSR count). The van der Waals surface area contributed by atoms with E-state index in [9.17, 15) is 0 Å². The molecular weight excluding hydrogens is 334 g/mol. The van der Waals surface area contributed by atoms with Crippen LogP contribution in [0, 0.1) is 5.92 Å². The molecule has 1 fully saturated rings. The molecule has 2 aliphatic heterocycles. The number of hydrogen-bond donors (Lipinski definition) is 0. The number of allylic oxidation sites excluding steroid dienone is 5. The maximum Gasteiger partial charge on any atom is 0.151 e. The molecule has 1 unspecified atom stereocenters. The maximum absolute atomic E-state index is 5.61. The van der Waals surface area contributed by atoms with Gasteiger partial charge >= 0.3 is 0 Å². The van der Waals surface area contributed by atoms with Gasteiger partial charge in [-0.15, -0.1) is 0 Å². The standard InChI is InChI=1S/C23H21N3O/c1-16-15-25-21(23-6-3-13-27-23)14-22-20-5-2-4-18(17-7-10-24-11-8-17)19(20)9-12-26(16)22/h2-4,6-8,10-11,13-14,20H,1,5,9,12,15H2. The van der Waals surface area contributed by atoms with Gasteiger partial charge in [-0.1, -0.05) is 24.3 Å². The van der Waals surface area contributed by atoms with Crippen LogP contribution in [0.15, 0.2) is 94.1 Å². The molecule has 0 spiro atoms. The van der Waals surface area contributed by atoms with Crippen molar-refractivity contribution >= 4 is 11.3 Å². The largest absolute Gasteiger partial charge is 0.463 e. The molecule has 0 radical (unpaired) electrons. The second kappa shape index (κ2) is 6.54. The smallest absolute Gasteiger partial charge is 0.151 e. The third-order valence-corrected chi connectivity index (χ3v) is 5.56. The number of pyridine rings is 1. The number of aromatic nitrogens is 1. The number of rotatable bonds is 2. The summed E-state index contributed by atoms with van der Waals surface area (Å²) >= 11 is 0. The zero-order valence-electron chi connectivity index (χ0n) is 15.1. The molecule has 27 heavy (non-hydrogen) atoms. The van der Waals surface area contributed by atoms with Gasteiger partial charge in [-0.3, -0.25) is 9.98 Å². The van der Waals surface area contributed by atoms with Crippen molar-refractivity contribution < 1.29 is 4.42 Å². The summed E-state index contributed by atoms with van der Waals surface area (Å²) in [6.45, 7) is 5.84. The van der Waals surface area contributed by atoms with E-state index in [-0.39, 0.29) is 0 Å². The lowest BCUT2D eigenvalue weighted by atomic mass is 9.77. The first-order chi connectivity index (χ1) is 13.3. The SMILES string of the molecule is C=C1CN=C(c2ccco2)C=C2C3CC=CC(c4ccncc4)=C3CCN12. The Labute approximate surface area is 158 Å². The fraction of sp³-hybridized carbons (Fsp3) is 0.217. The predicted molar refractivity (Wildman–Crippen MR) is 107 cm³/mol. The minimum atomic E-state index is 0.349. The van der Waals surface area contributed by atoms with E-state index in [1.54, 1.807) is 6.26 Å². The van der Waals surface area contributed by atoms with Crippen LogP contribution in [-0.2, 0) is 0 Å². The molecule has 1 aliphatic carbocycles. The Hall–Kier alpha value is -3.14. The van der Waals surface area contributed by atoms with E-state index in [0.29, 0.717) is 12.5 Å². The summed E-state index contributed by atoms with van der Waals surface area (Å²) in [4.78, 5) is 11.3. The van der Waals surface area contributed by atoms with Crippen molar-refractivity contribution in [3.63, 3.8) is 0 Å². The van der Waals surface area contributed by atoms with Gasteiger partial charge in [0.1, 0.15) is 5.71 Å². The summed E-state index contributed by atoms with van der Waals surface area (Å²) in [6.07, 6.45) is 14.2. The third kappa shape index (κ3) is 2.78. The van der Waals surface area contributed by atoms with Gasteiger partial charge in [0.25, 0.3) is 0 Å². The van der Waals surface area contributed by atoms with Gasteiger partial charge in [0.2, 0.25) is 0 Å². The first kappa shape index (κ1) is 16.1. The highest BCUT2D eigenvalue weighted by Gasteiger charge is 2.34. The second-order valence-corrected chi connectivity index (χ2v) is 7.08. The van der Waals surface area contributed by atoms with Crippen LogP contribution in [0.1, 0.15) is 24.2 Å². The van der Waals surface area contributed by atoms with Crippen molar-refractivity contribution in [1.29, 1.82) is 0 Å². The lowest BCUT2D eigenvalue weighted by Gasteiger charge is -2.41. The second-order valence-electron chi connectivity index (χ2n) is 7.08. The minimum Gasteiger partial charge on any atom is -0.463 e. The summed E-state index contributed by atoms with van der Waals surface area (Å²) in [5.74, 6) is 1.16. The first-order valence-corrected chi connectivity index (χ1v) is 9.36. The van der Waals surface area contributed by atoms with Crippen LogP contribution in [0.2, 0.25) is 0 Å². The Kier molecular flexibility index (Phi) is 3.89.